The van der Waals surface area contributed by atoms with Gasteiger partial charge in [0.1, 0.15) is 0 Å². The van der Waals surface area contributed by atoms with Crippen LogP contribution in [0.15, 0.2) is 176 Å². The molecule has 0 unspecified atom stereocenters. The van der Waals surface area contributed by atoms with Crippen molar-refractivity contribution in [3.63, 3.8) is 0 Å². The second kappa shape index (κ2) is 11.5. The van der Waals surface area contributed by atoms with Crippen molar-refractivity contribution in [2.24, 2.45) is 0 Å². The molecule has 0 aliphatic heterocycles. The minimum Gasteiger partial charge on any atom is -0.308 e. The fourth-order valence-electron chi connectivity index (χ4n) is 8.08. The lowest BCUT2D eigenvalue weighted by Crippen LogP contribution is -1.98. The number of hydrogen-bond acceptors (Lipinski definition) is 3. The molecule has 11 aromatic rings. The van der Waals surface area contributed by atoms with Gasteiger partial charge in [-0.15, -0.1) is 11.3 Å². The standard InChI is InChI=1S/C48H29N3S/c1-2-14-30(15-3-1)31-16-12-17-32(28-31)45-37-22-6-9-25-40(37)49-48(50-45)33-18-13-19-34(29-33)51-41-26-10-7-23-38(41)43-35-20-4-5-21-36(35)44-39-24-8-11-27-42(39)52-47(44)46(43)51/h1-29H. The van der Waals surface area contributed by atoms with Gasteiger partial charge in [0.05, 0.1) is 26.9 Å². The molecule has 0 amide bonds. The van der Waals surface area contributed by atoms with Crippen molar-refractivity contribution in [2.45, 2.75) is 0 Å². The minimum atomic E-state index is 0.707. The molecule has 0 aliphatic carbocycles. The summed E-state index contributed by atoms with van der Waals surface area (Å²) in [4.78, 5) is 10.5. The van der Waals surface area contributed by atoms with Crippen molar-refractivity contribution in [1.82, 2.24) is 14.5 Å². The first-order valence-corrected chi connectivity index (χ1v) is 18.4. The summed E-state index contributed by atoms with van der Waals surface area (Å²) in [5.41, 5.74) is 9.75. The van der Waals surface area contributed by atoms with Crippen LogP contribution in [0.25, 0.3) is 103 Å². The van der Waals surface area contributed by atoms with Gasteiger partial charge in [0.15, 0.2) is 5.82 Å². The minimum absolute atomic E-state index is 0.707. The lowest BCUT2D eigenvalue weighted by molar-refractivity contribution is 1.18. The fraction of sp³-hybridized carbons (Fsp3) is 0. The van der Waals surface area contributed by atoms with Gasteiger partial charge in [-0.3, -0.25) is 0 Å². The highest BCUT2D eigenvalue weighted by atomic mass is 32.1. The van der Waals surface area contributed by atoms with E-state index in [2.05, 4.69) is 180 Å². The third-order valence-corrected chi connectivity index (χ3v) is 11.5. The van der Waals surface area contributed by atoms with E-state index in [9.17, 15) is 0 Å². The Morgan fingerprint density at radius 3 is 1.92 bits per heavy atom. The SMILES string of the molecule is c1ccc(-c2cccc(-c3nc(-c4cccc(-n5c6ccccc6c6c7ccccc7c7c8ccccc8sc7c65)c4)nc4ccccc34)c2)cc1. The first kappa shape index (κ1) is 29.1. The number of nitrogens with zero attached hydrogens (tertiary/aromatic N) is 3. The average Bonchev–Trinajstić information content (AvgIpc) is 3.78. The predicted molar refractivity (Wildman–Crippen MR) is 221 cm³/mol. The Bertz CT molecular complexity index is 3190. The number of para-hydroxylation sites is 2. The van der Waals surface area contributed by atoms with Crippen molar-refractivity contribution in [3.8, 4) is 39.5 Å². The van der Waals surface area contributed by atoms with E-state index in [1.54, 1.807) is 0 Å². The lowest BCUT2D eigenvalue weighted by Gasteiger charge is -2.13. The third kappa shape index (κ3) is 4.38. The van der Waals surface area contributed by atoms with Gasteiger partial charge in [-0.25, -0.2) is 9.97 Å². The summed E-state index contributed by atoms with van der Waals surface area (Å²) >= 11 is 1.89. The Kier molecular flexibility index (Phi) is 6.42. The molecule has 8 aromatic carbocycles. The van der Waals surface area contributed by atoms with Crippen LogP contribution in [-0.4, -0.2) is 14.5 Å². The third-order valence-electron chi connectivity index (χ3n) is 10.4. The molecule has 242 valence electrons. The maximum Gasteiger partial charge on any atom is 0.160 e. The van der Waals surface area contributed by atoms with Crippen molar-refractivity contribution in [3.05, 3.63) is 176 Å². The largest absolute Gasteiger partial charge is 0.308 e. The average molecular weight is 680 g/mol. The normalized spacial score (nSPS) is 11.8. The predicted octanol–water partition coefficient (Wildman–Crippen LogP) is 13.2. The molecule has 0 radical (unpaired) electrons. The summed E-state index contributed by atoms with van der Waals surface area (Å²) in [5, 5.41) is 8.78. The van der Waals surface area contributed by atoms with E-state index < -0.39 is 0 Å². The number of aromatic nitrogens is 3. The number of rotatable bonds is 4. The fourth-order valence-corrected chi connectivity index (χ4v) is 9.34. The molecule has 0 bridgehead atoms. The molecule has 0 aliphatic rings. The molecule has 3 nitrogen and oxygen atoms in total. The summed E-state index contributed by atoms with van der Waals surface area (Å²) in [6, 6.07) is 62.8. The Hall–Kier alpha value is -6.62. The molecule has 0 saturated carbocycles. The molecule has 0 atom stereocenters. The molecule has 3 heterocycles. The van der Waals surface area contributed by atoms with Gasteiger partial charge in [0.2, 0.25) is 0 Å². The van der Waals surface area contributed by atoms with Crippen molar-refractivity contribution in [1.29, 1.82) is 0 Å². The van der Waals surface area contributed by atoms with Gasteiger partial charge < -0.3 is 4.57 Å². The molecule has 11 rings (SSSR count). The Balaban J connectivity index is 1.17. The monoisotopic (exact) mass is 679 g/mol. The van der Waals surface area contributed by atoms with E-state index in [1.807, 2.05) is 11.3 Å². The second-order valence-corrected chi connectivity index (χ2v) is 14.4. The van der Waals surface area contributed by atoms with Crippen LogP contribution >= 0.6 is 11.3 Å². The zero-order chi connectivity index (χ0) is 34.2. The van der Waals surface area contributed by atoms with Crippen LogP contribution in [0.4, 0.5) is 0 Å². The number of thiophene rings is 1. The second-order valence-electron chi connectivity index (χ2n) is 13.3. The maximum absolute atomic E-state index is 5.32. The number of hydrogen-bond donors (Lipinski definition) is 0. The molecule has 3 aromatic heterocycles. The smallest absolute Gasteiger partial charge is 0.160 e. The summed E-state index contributed by atoms with van der Waals surface area (Å²) < 4.78 is 5.07. The molecule has 0 fully saturated rings. The van der Waals surface area contributed by atoms with Gasteiger partial charge in [0.25, 0.3) is 0 Å². The topological polar surface area (TPSA) is 30.7 Å². The zero-order valence-electron chi connectivity index (χ0n) is 28.0. The number of benzene rings is 8. The van der Waals surface area contributed by atoms with E-state index >= 15 is 0 Å². The van der Waals surface area contributed by atoms with Crippen LogP contribution in [0.5, 0.6) is 0 Å². The summed E-state index contributed by atoms with van der Waals surface area (Å²) in [5.74, 6) is 0.707. The van der Waals surface area contributed by atoms with Crippen LogP contribution in [0.3, 0.4) is 0 Å². The highest BCUT2D eigenvalue weighted by Gasteiger charge is 2.22. The molecule has 52 heavy (non-hydrogen) atoms. The molecule has 0 spiro atoms. The zero-order valence-corrected chi connectivity index (χ0v) is 28.8. The van der Waals surface area contributed by atoms with E-state index in [-0.39, 0.29) is 0 Å². The molecule has 0 saturated heterocycles. The van der Waals surface area contributed by atoms with Crippen molar-refractivity contribution < 1.29 is 0 Å². The van der Waals surface area contributed by atoms with E-state index in [0.717, 1.165) is 39.0 Å². The highest BCUT2D eigenvalue weighted by molar-refractivity contribution is 7.27. The lowest BCUT2D eigenvalue weighted by atomic mass is 9.99. The first-order chi connectivity index (χ1) is 25.8. The molecule has 0 N–H and O–H groups in total. The Labute approximate surface area is 303 Å². The van der Waals surface area contributed by atoms with Crippen LogP contribution in [0, 0.1) is 0 Å². The Morgan fingerprint density at radius 1 is 0.423 bits per heavy atom. The summed E-state index contributed by atoms with van der Waals surface area (Å²) in [6.07, 6.45) is 0. The molecular formula is C48H29N3S. The van der Waals surface area contributed by atoms with Crippen LogP contribution in [0.1, 0.15) is 0 Å². The van der Waals surface area contributed by atoms with Gasteiger partial charge in [-0.1, -0.05) is 140 Å². The molecular weight excluding hydrogens is 651 g/mol. The van der Waals surface area contributed by atoms with E-state index in [0.29, 0.717) is 5.82 Å². The molecule has 4 heteroatoms. The van der Waals surface area contributed by atoms with Gasteiger partial charge in [-0.2, -0.15) is 0 Å². The van der Waals surface area contributed by atoms with Gasteiger partial charge >= 0.3 is 0 Å². The Morgan fingerprint density at radius 2 is 1.06 bits per heavy atom. The highest BCUT2D eigenvalue weighted by Crippen LogP contribution is 2.48. The van der Waals surface area contributed by atoms with Gasteiger partial charge in [-0.05, 0) is 58.3 Å². The van der Waals surface area contributed by atoms with Crippen LogP contribution in [0.2, 0.25) is 0 Å². The number of fused-ring (bicyclic) bond motifs is 11. The first-order valence-electron chi connectivity index (χ1n) is 17.6. The maximum atomic E-state index is 5.32. The summed E-state index contributed by atoms with van der Waals surface area (Å²) in [6.45, 7) is 0. The summed E-state index contributed by atoms with van der Waals surface area (Å²) in [7, 11) is 0. The van der Waals surface area contributed by atoms with Crippen molar-refractivity contribution in [2.75, 3.05) is 0 Å². The van der Waals surface area contributed by atoms with Crippen LogP contribution in [-0.2, 0) is 0 Å². The quantitative estimate of drug-likeness (QED) is 0.185. The van der Waals surface area contributed by atoms with Gasteiger partial charge in [0, 0.05) is 48.4 Å². The van der Waals surface area contributed by atoms with Crippen LogP contribution < -0.4 is 0 Å². The van der Waals surface area contributed by atoms with E-state index in [4.69, 9.17) is 9.97 Å². The van der Waals surface area contributed by atoms with Crippen molar-refractivity contribution >= 4 is 75.0 Å². The van der Waals surface area contributed by atoms with E-state index in [1.165, 1.54) is 58.3 Å².